The van der Waals surface area contributed by atoms with Gasteiger partial charge in [0, 0.05) is 47.0 Å². The van der Waals surface area contributed by atoms with Crippen LogP contribution in [-0.4, -0.2) is 62.9 Å². The minimum atomic E-state index is -1.25. The van der Waals surface area contributed by atoms with Crippen molar-refractivity contribution >= 4 is 45.5 Å². The standard InChI is InChI=1S/C30H36N6O5/c1-16(2)26(31)29(39)34-17(3)27(37)35-24(12-18-14-32-22-10-6-4-8-20(18)22)28(38)36-25(30(40)41)13-19-15-33-23-11-7-5-9-21(19)23/h4-11,14-17,24-26,32-33H,12-13,31H2,1-3H3,(H,34,39)(H,35,37)(H,36,38)(H,40,41). The largest absolute Gasteiger partial charge is 0.480 e. The van der Waals surface area contributed by atoms with Crippen molar-refractivity contribution in [2.45, 2.75) is 57.8 Å². The van der Waals surface area contributed by atoms with E-state index in [1.54, 1.807) is 26.2 Å². The summed E-state index contributed by atoms with van der Waals surface area (Å²) < 4.78 is 0. The van der Waals surface area contributed by atoms with Gasteiger partial charge in [-0.3, -0.25) is 14.4 Å². The van der Waals surface area contributed by atoms with Crippen LogP contribution in [0.25, 0.3) is 21.8 Å². The maximum Gasteiger partial charge on any atom is 0.326 e. The lowest BCUT2D eigenvalue weighted by molar-refractivity contribution is -0.142. The molecule has 0 saturated carbocycles. The first-order valence-corrected chi connectivity index (χ1v) is 13.5. The van der Waals surface area contributed by atoms with Crippen LogP contribution < -0.4 is 21.7 Å². The van der Waals surface area contributed by atoms with Gasteiger partial charge >= 0.3 is 5.97 Å². The first-order chi connectivity index (χ1) is 19.5. The number of carbonyl (C=O) groups excluding carboxylic acids is 3. The maximum atomic E-state index is 13.6. The van der Waals surface area contributed by atoms with E-state index in [9.17, 15) is 24.3 Å². The number of amides is 3. The van der Waals surface area contributed by atoms with Crippen LogP contribution in [-0.2, 0) is 32.0 Å². The molecule has 4 unspecified atom stereocenters. The smallest absolute Gasteiger partial charge is 0.326 e. The Morgan fingerprint density at radius 2 is 1.22 bits per heavy atom. The van der Waals surface area contributed by atoms with Gasteiger partial charge < -0.3 is 36.8 Å². The van der Waals surface area contributed by atoms with Gasteiger partial charge in [0.1, 0.15) is 18.1 Å². The van der Waals surface area contributed by atoms with Crippen LogP contribution in [0.15, 0.2) is 60.9 Å². The molecule has 0 bridgehead atoms. The van der Waals surface area contributed by atoms with Crippen LogP contribution in [0, 0.1) is 5.92 Å². The molecule has 0 fully saturated rings. The van der Waals surface area contributed by atoms with E-state index < -0.39 is 47.9 Å². The zero-order valence-electron chi connectivity index (χ0n) is 23.2. The highest BCUT2D eigenvalue weighted by Gasteiger charge is 2.30. The molecule has 0 aliphatic heterocycles. The number of H-pyrrole nitrogens is 2. The molecule has 0 saturated heterocycles. The van der Waals surface area contributed by atoms with Gasteiger partial charge in [0.15, 0.2) is 0 Å². The Bertz CT molecular complexity index is 1560. The van der Waals surface area contributed by atoms with Gasteiger partial charge in [0.05, 0.1) is 6.04 Å². The van der Waals surface area contributed by atoms with E-state index in [-0.39, 0.29) is 18.8 Å². The zero-order chi connectivity index (χ0) is 29.7. The molecule has 4 atom stereocenters. The van der Waals surface area contributed by atoms with Crippen LogP contribution in [0.4, 0.5) is 0 Å². The number of carboxylic acid groups (broad SMARTS) is 1. The Morgan fingerprint density at radius 1 is 0.732 bits per heavy atom. The van der Waals surface area contributed by atoms with Crippen LogP contribution in [0.5, 0.6) is 0 Å². The van der Waals surface area contributed by atoms with Gasteiger partial charge in [-0.2, -0.15) is 0 Å². The maximum absolute atomic E-state index is 13.6. The lowest BCUT2D eigenvalue weighted by Gasteiger charge is -2.24. The van der Waals surface area contributed by atoms with Crippen molar-refractivity contribution < 1.29 is 24.3 Å². The molecule has 0 spiro atoms. The molecule has 11 heteroatoms. The van der Waals surface area contributed by atoms with Gasteiger partial charge in [0.25, 0.3) is 0 Å². The summed E-state index contributed by atoms with van der Waals surface area (Å²) in [6.45, 7) is 5.09. The summed E-state index contributed by atoms with van der Waals surface area (Å²) >= 11 is 0. The highest BCUT2D eigenvalue weighted by atomic mass is 16.4. The van der Waals surface area contributed by atoms with Crippen LogP contribution in [0.3, 0.4) is 0 Å². The van der Waals surface area contributed by atoms with E-state index >= 15 is 0 Å². The van der Waals surface area contributed by atoms with Crippen molar-refractivity contribution in [1.82, 2.24) is 25.9 Å². The van der Waals surface area contributed by atoms with E-state index in [1.807, 2.05) is 48.5 Å². The van der Waals surface area contributed by atoms with Crippen LogP contribution >= 0.6 is 0 Å². The molecular weight excluding hydrogens is 524 g/mol. The molecule has 0 aliphatic carbocycles. The molecule has 8 N–H and O–H groups in total. The summed E-state index contributed by atoms with van der Waals surface area (Å²) in [4.78, 5) is 57.6. The molecular formula is C30H36N6O5. The number of nitrogens with one attached hydrogen (secondary N) is 5. The molecule has 4 aromatic rings. The lowest BCUT2D eigenvalue weighted by atomic mass is 10.0. The third kappa shape index (κ3) is 6.93. The Morgan fingerprint density at radius 3 is 1.73 bits per heavy atom. The van der Waals surface area contributed by atoms with Gasteiger partial charge in [-0.15, -0.1) is 0 Å². The summed E-state index contributed by atoms with van der Waals surface area (Å²) in [6.07, 6.45) is 3.61. The molecule has 2 aromatic heterocycles. The predicted molar refractivity (Wildman–Crippen MR) is 156 cm³/mol. The Hall–Kier alpha value is -4.64. The van der Waals surface area contributed by atoms with Crippen molar-refractivity contribution in [1.29, 1.82) is 0 Å². The highest BCUT2D eigenvalue weighted by molar-refractivity contribution is 5.95. The molecule has 216 valence electrons. The summed E-state index contributed by atoms with van der Waals surface area (Å²) in [5.74, 6) is -3.07. The van der Waals surface area contributed by atoms with Crippen molar-refractivity contribution in [3.05, 3.63) is 72.1 Å². The van der Waals surface area contributed by atoms with Crippen LogP contribution in [0.2, 0.25) is 0 Å². The lowest BCUT2D eigenvalue weighted by Crippen LogP contribution is -2.57. The summed E-state index contributed by atoms with van der Waals surface area (Å²) in [5.41, 5.74) is 9.13. The van der Waals surface area contributed by atoms with Crippen molar-refractivity contribution in [3.63, 3.8) is 0 Å². The van der Waals surface area contributed by atoms with Gasteiger partial charge in [0.2, 0.25) is 17.7 Å². The Kier molecular flexibility index (Phi) is 9.08. The number of nitrogens with two attached hydrogens (primary N) is 1. The summed E-state index contributed by atoms with van der Waals surface area (Å²) in [5, 5.41) is 19.6. The fourth-order valence-electron chi connectivity index (χ4n) is 4.70. The molecule has 4 rings (SSSR count). The summed E-state index contributed by atoms with van der Waals surface area (Å²) in [7, 11) is 0. The number of hydrogen-bond donors (Lipinski definition) is 7. The average Bonchev–Trinajstić information content (AvgIpc) is 3.55. The third-order valence-electron chi connectivity index (χ3n) is 7.22. The topological polar surface area (TPSA) is 182 Å². The fraction of sp³-hybridized carbons (Fsp3) is 0.333. The number of hydrogen-bond acceptors (Lipinski definition) is 5. The van der Waals surface area contributed by atoms with Crippen LogP contribution in [0.1, 0.15) is 31.9 Å². The van der Waals surface area contributed by atoms with Crippen molar-refractivity contribution in [2.24, 2.45) is 11.7 Å². The van der Waals surface area contributed by atoms with E-state index in [2.05, 4.69) is 25.9 Å². The SMILES string of the molecule is CC(NC(=O)C(N)C(C)C)C(=O)NC(Cc1c[nH]c2ccccc12)C(=O)NC(Cc1c[nH]c2ccccc12)C(=O)O. The molecule has 3 amide bonds. The number of aromatic nitrogens is 2. The number of carboxylic acids is 1. The highest BCUT2D eigenvalue weighted by Crippen LogP contribution is 2.21. The molecule has 0 aliphatic rings. The minimum absolute atomic E-state index is 0.0401. The minimum Gasteiger partial charge on any atom is -0.480 e. The number of aliphatic carboxylic acids is 1. The molecule has 41 heavy (non-hydrogen) atoms. The van der Waals surface area contributed by atoms with Gasteiger partial charge in [-0.1, -0.05) is 50.2 Å². The second-order valence-electron chi connectivity index (χ2n) is 10.6. The second-order valence-corrected chi connectivity index (χ2v) is 10.6. The molecule has 2 heterocycles. The molecule has 2 aromatic carbocycles. The van der Waals surface area contributed by atoms with E-state index in [1.165, 1.54) is 6.92 Å². The van der Waals surface area contributed by atoms with Gasteiger partial charge in [-0.05, 0) is 36.1 Å². The van der Waals surface area contributed by atoms with Crippen molar-refractivity contribution in [3.8, 4) is 0 Å². The zero-order valence-corrected chi connectivity index (χ0v) is 23.2. The van der Waals surface area contributed by atoms with Crippen molar-refractivity contribution in [2.75, 3.05) is 0 Å². The number of fused-ring (bicyclic) bond motifs is 2. The first-order valence-electron chi connectivity index (χ1n) is 13.5. The number of para-hydroxylation sites is 2. The fourth-order valence-corrected chi connectivity index (χ4v) is 4.70. The third-order valence-corrected chi connectivity index (χ3v) is 7.22. The number of aromatic amines is 2. The van der Waals surface area contributed by atoms with E-state index in [4.69, 9.17) is 5.73 Å². The Labute approximate surface area is 237 Å². The van der Waals surface area contributed by atoms with E-state index in [0.717, 1.165) is 32.9 Å². The average molecular weight is 561 g/mol. The number of benzene rings is 2. The van der Waals surface area contributed by atoms with E-state index in [0.29, 0.717) is 0 Å². The first kappa shape index (κ1) is 29.3. The predicted octanol–water partition coefficient (Wildman–Crippen LogP) is 1.98. The van der Waals surface area contributed by atoms with Gasteiger partial charge in [-0.25, -0.2) is 4.79 Å². The summed E-state index contributed by atoms with van der Waals surface area (Å²) in [6, 6.07) is 10.9. The molecule has 11 nitrogen and oxygen atoms in total. The second kappa shape index (κ2) is 12.7. The quantitative estimate of drug-likeness (QED) is 0.139. The number of rotatable bonds is 12. The Balaban J connectivity index is 1.54. The monoisotopic (exact) mass is 560 g/mol. The number of carbonyl (C=O) groups is 4. The normalized spacial score (nSPS) is 14.4. The molecule has 0 radical (unpaired) electrons.